The molecule has 0 aliphatic heterocycles. The summed E-state index contributed by atoms with van der Waals surface area (Å²) in [6, 6.07) is 0. The predicted molar refractivity (Wildman–Crippen MR) is 89.2 cm³/mol. The van der Waals surface area contributed by atoms with Gasteiger partial charge >= 0.3 is 13.6 Å². The van der Waals surface area contributed by atoms with E-state index in [0.717, 1.165) is 25.7 Å². The molecule has 1 atom stereocenters. The highest BCUT2D eigenvalue weighted by Gasteiger charge is 2.40. The van der Waals surface area contributed by atoms with Crippen LogP contribution in [0.15, 0.2) is 12.7 Å². The van der Waals surface area contributed by atoms with E-state index in [0.29, 0.717) is 6.42 Å². The second-order valence-electron chi connectivity index (χ2n) is 5.28. The van der Waals surface area contributed by atoms with Gasteiger partial charge in [0, 0.05) is 14.2 Å². The Labute approximate surface area is 134 Å². The molecule has 0 radical (unpaired) electrons. The van der Waals surface area contributed by atoms with Crippen LogP contribution in [0.5, 0.6) is 0 Å². The van der Waals surface area contributed by atoms with Crippen LogP contribution in [0.25, 0.3) is 0 Å². The van der Waals surface area contributed by atoms with Gasteiger partial charge in [0.15, 0.2) is 5.66 Å². The number of esters is 1. The van der Waals surface area contributed by atoms with Gasteiger partial charge in [0.25, 0.3) is 0 Å². The fourth-order valence-corrected chi connectivity index (χ4v) is 3.90. The third-order valence-corrected chi connectivity index (χ3v) is 6.00. The number of hydrogen-bond acceptors (Lipinski definition) is 5. The first-order valence-electron chi connectivity index (χ1n) is 7.95. The quantitative estimate of drug-likeness (QED) is 0.199. The fraction of sp³-hybridized carbons (Fsp3) is 0.812. The Morgan fingerprint density at radius 2 is 1.50 bits per heavy atom. The van der Waals surface area contributed by atoms with Gasteiger partial charge in [-0.3, -0.25) is 9.36 Å². The summed E-state index contributed by atoms with van der Waals surface area (Å²) in [6.07, 6.45) is 11.3. The van der Waals surface area contributed by atoms with Crippen LogP contribution >= 0.6 is 7.60 Å². The molecule has 0 saturated carbocycles. The summed E-state index contributed by atoms with van der Waals surface area (Å²) in [5.74, 6) is -0.531. The van der Waals surface area contributed by atoms with Crippen molar-refractivity contribution in [3.63, 3.8) is 0 Å². The van der Waals surface area contributed by atoms with Gasteiger partial charge in [-0.15, -0.1) is 6.58 Å². The van der Waals surface area contributed by atoms with Crippen LogP contribution in [-0.4, -0.2) is 33.0 Å². The zero-order chi connectivity index (χ0) is 16.8. The molecular formula is C16H31O5P. The van der Waals surface area contributed by atoms with Crippen molar-refractivity contribution in [1.29, 1.82) is 0 Å². The molecule has 5 nitrogen and oxygen atoms in total. The number of hydrogen-bond donors (Lipinski definition) is 0. The second kappa shape index (κ2) is 12.9. The highest BCUT2D eigenvalue weighted by Crippen LogP contribution is 2.53. The molecule has 0 aromatic heterocycles. The van der Waals surface area contributed by atoms with E-state index < -0.39 is 19.2 Å². The monoisotopic (exact) mass is 334 g/mol. The minimum absolute atomic E-state index is 0.460. The smallest absolute Gasteiger partial charge is 0.344 e. The van der Waals surface area contributed by atoms with E-state index in [1.807, 2.05) is 6.08 Å². The molecule has 0 aromatic rings. The van der Waals surface area contributed by atoms with E-state index in [1.54, 1.807) is 0 Å². The Bertz CT molecular complexity index is 348. The average molecular weight is 334 g/mol. The third-order valence-electron chi connectivity index (χ3n) is 3.75. The van der Waals surface area contributed by atoms with E-state index in [4.69, 9.17) is 13.8 Å². The number of carbonyl (C=O) groups is 1. The summed E-state index contributed by atoms with van der Waals surface area (Å²) in [7, 11) is 0.454. The summed E-state index contributed by atoms with van der Waals surface area (Å²) in [4.78, 5) is 11.8. The van der Waals surface area contributed by atoms with Crippen molar-refractivity contribution in [2.24, 2.45) is 0 Å². The Balaban J connectivity index is 4.03. The number of rotatable bonds is 14. The molecule has 0 aliphatic rings. The highest BCUT2D eigenvalue weighted by molar-refractivity contribution is 7.55. The van der Waals surface area contributed by atoms with Crippen molar-refractivity contribution >= 4 is 13.6 Å². The zero-order valence-corrected chi connectivity index (χ0v) is 15.1. The molecule has 1 unspecified atom stereocenters. The van der Waals surface area contributed by atoms with Crippen molar-refractivity contribution in [2.45, 2.75) is 63.4 Å². The first-order valence-corrected chi connectivity index (χ1v) is 9.56. The predicted octanol–water partition coefficient (Wildman–Crippen LogP) is 4.71. The topological polar surface area (TPSA) is 61.8 Å². The molecule has 6 heteroatoms. The van der Waals surface area contributed by atoms with Gasteiger partial charge in [0.05, 0.1) is 7.11 Å². The Kier molecular flexibility index (Phi) is 12.5. The van der Waals surface area contributed by atoms with Gasteiger partial charge in [0.1, 0.15) is 0 Å². The lowest BCUT2D eigenvalue weighted by molar-refractivity contribution is -0.140. The molecule has 0 saturated heterocycles. The van der Waals surface area contributed by atoms with Crippen LogP contribution in [0.2, 0.25) is 0 Å². The fourth-order valence-electron chi connectivity index (χ4n) is 2.38. The zero-order valence-electron chi connectivity index (χ0n) is 14.2. The third kappa shape index (κ3) is 8.11. The molecule has 0 amide bonds. The molecular weight excluding hydrogens is 303 g/mol. The van der Waals surface area contributed by atoms with Crippen molar-refractivity contribution < 1.29 is 23.1 Å². The van der Waals surface area contributed by atoms with Gasteiger partial charge < -0.3 is 13.8 Å². The van der Waals surface area contributed by atoms with Crippen molar-refractivity contribution in [2.75, 3.05) is 21.3 Å². The maximum atomic E-state index is 12.4. The van der Waals surface area contributed by atoms with E-state index >= 15 is 0 Å². The largest absolute Gasteiger partial charge is 0.468 e. The number of carbonyl (C=O) groups excluding carboxylic acids is 1. The van der Waals surface area contributed by atoms with Crippen LogP contribution in [0.3, 0.4) is 0 Å². The van der Waals surface area contributed by atoms with Crippen molar-refractivity contribution in [3.05, 3.63) is 12.7 Å². The molecule has 0 aromatic carbocycles. The normalized spacial score (nSPS) is 12.9. The van der Waals surface area contributed by atoms with Gasteiger partial charge in [-0.05, 0) is 19.3 Å². The summed E-state index contributed by atoms with van der Waals surface area (Å²) in [5, 5.41) is 0. The summed E-state index contributed by atoms with van der Waals surface area (Å²) >= 11 is 0. The number of methoxy groups -OCH3 is 1. The molecule has 0 bridgehead atoms. The highest BCUT2D eigenvalue weighted by atomic mass is 31.2. The second-order valence-corrected chi connectivity index (χ2v) is 7.72. The molecule has 0 N–H and O–H groups in total. The van der Waals surface area contributed by atoms with Gasteiger partial charge in [-0.1, -0.05) is 44.6 Å². The maximum absolute atomic E-state index is 12.4. The Hall–Kier alpha value is -0.640. The molecule has 0 fully saturated rings. The summed E-state index contributed by atoms with van der Waals surface area (Å²) in [5.41, 5.74) is -0.833. The SMILES string of the molecule is C=CCCCCCCCCCC(C(=O)OC)P(=O)(OC)OC. The van der Waals surface area contributed by atoms with Crippen LogP contribution in [0.4, 0.5) is 0 Å². The van der Waals surface area contributed by atoms with Crippen LogP contribution in [0.1, 0.15) is 57.8 Å². The molecule has 22 heavy (non-hydrogen) atoms. The molecule has 0 aliphatic carbocycles. The molecule has 0 heterocycles. The molecule has 0 rings (SSSR count). The van der Waals surface area contributed by atoms with Crippen LogP contribution in [-0.2, 0) is 23.1 Å². The lowest BCUT2D eigenvalue weighted by atomic mass is 10.1. The summed E-state index contributed by atoms with van der Waals surface area (Å²) in [6.45, 7) is 3.71. The number of unbranched alkanes of at least 4 members (excludes halogenated alkanes) is 7. The van der Waals surface area contributed by atoms with E-state index in [2.05, 4.69) is 6.58 Å². The van der Waals surface area contributed by atoms with Gasteiger partial charge in [-0.25, -0.2) is 0 Å². The van der Waals surface area contributed by atoms with Gasteiger partial charge in [0.2, 0.25) is 0 Å². The minimum Gasteiger partial charge on any atom is -0.468 e. The Morgan fingerprint density at radius 3 is 1.95 bits per heavy atom. The lowest BCUT2D eigenvalue weighted by Gasteiger charge is -2.22. The first kappa shape index (κ1) is 21.4. The average Bonchev–Trinajstić information content (AvgIpc) is 2.55. The van der Waals surface area contributed by atoms with E-state index in [1.165, 1.54) is 47.0 Å². The number of allylic oxidation sites excluding steroid dienone is 1. The molecule has 130 valence electrons. The standard InChI is InChI=1S/C16H31O5P/c1-5-6-7-8-9-10-11-12-13-14-15(16(17)19-2)22(18,20-3)21-4/h5,15H,1,6-14H2,2-4H3. The van der Waals surface area contributed by atoms with E-state index in [9.17, 15) is 9.36 Å². The van der Waals surface area contributed by atoms with Crippen molar-refractivity contribution in [3.8, 4) is 0 Å². The minimum atomic E-state index is -3.42. The number of ether oxygens (including phenoxy) is 1. The van der Waals surface area contributed by atoms with Gasteiger partial charge in [-0.2, -0.15) is 0 Å². The Morgan fingerprint density at radius 1 is 1.00 bits per heavy atom. The summed E-state index contributed by atoms with van der Waals surface area (Å²) < 4.78 is 26.9. The lowest BCUT2D eigenvalue weighted by Crippen LogP contribution is -2.24. The molecule has 0 spiro atoms. The first-order chi connectivity index (χ1) is 10.6. The van der Waals surface area contributed by atoms with Crippen LogP contribution < -0.4 is 0 Å². The maximum Gasteiger partial charge on any atom is 0.344 e. The van der Waals surface area contributed by atoms with Crippen molar-refractivity contribution in [1.82, 2.24) is 0 Å². The van der Waals surface area contributed by atoms with E-state index in [-0.39, 0.29) is 0 Å². The van der Waals surface area contributed by atoms with Crippen LogP contribution in [0, 0.1) is 0 Å².